The van der Waals surface area contributed by atoms with Gasteiger partial charge in [-0.05, 0) is 25.1 Å². The Morgan fingerprint density at radius 3 is 2.90 bits per heavy atom. The van der Waals surface area contributed by atoms with Crippen molar-refractivity contribution in [3.8, 4) is 5.75 Å². The highest BCUT2D eigenvalue weighted by atomic mass is 19.2. The second-order valence-electron chi connectivity index (χ2n) is 7.03. The first-order chi connectivity index (χ1) is 14.5. The summed E-state index contributed by atoms with van der Waals surface area (Å²) in [4.78, 5) is 30.8. The van der Waals surface area contributed by atoms with Gasteiger partial charge in [-0.25, -0.2) is 13.6 Å². The van der Waals surface area contributed by atoms with Crippen molar-refractivity contribution in [2.45, 2.75) is 32.0 Å². The van der Waals surface area contributed by atoms with E-state index in [0.29, 0.717) is 24.3 Å². The molecule has 30 heavy (non-hydrogen) atoms. The summed E-state index contributed by atoms with van der Waals surface area (Å²) in [5.41, 5.74) is 1.09. The van der Waals surface area contributed by atoms with Crippen molar-refractivity contribution in [2.24, 2.45) is 0 Å². The fourth-order valence-corrected chi connectivity index (χ4v) is 3.64. The van der Waals surface area contributed by atoms with Crippen LogP contribution in [0.4, 0.5) is 8.78 Å². The molecule has 0 radical (unpaired) electrons. The molecule has 7 nitrogen and oxygen atoms in total. The van der Waals surface area contributed by atoms with Crippen LogP contribution in [0.3, 0.4) is 0 Å². The van der Waals surface area contributed by atoms with Crippen molar-refractivity contribution in [1.29, 1.82) is 0 Å². The smallest absolute Gasteiger partial charge is 0.339 e. The van der Waals surface area contributed by atoms with Gasteiger partial charge in [0.25, 0.3) is 5.91 Å². The number of nitrogens with zero attached hydrogens (tertiary/aromatic N) is 2. The molecular weight excluding hydrogens is 398 g/mol. The summed E-state index contributed by atoms with van der Waals surface area (Å²) in [6.45, 7) is 2.81. The van der Waals surface area contributed by atoms with E-state index < -0.39 is 29.7 Å². The second kappa shape index (κ2) is 8.35. The first-order valence-electron chi connectivity index (χ1n) is 9.64. The molecule has 2 aliphatic rings. The number of amides is 1. The summed E-state index contributed by atoms with van der Waals surface area (Å²) in [5, 5.41) is 0. The lowest BCUT2D eigenvalue weighted by molar-refractivity contribution is -0.0431. The van der Waals surface area contributed by atoms with Gasteiger partial charge in [-0.15, -0.1) is 0 Å². The minimum atomic E-state index is -1.00. The third-order valence-corrected chi connectivity index (χ3v) is 5.14. The fourth-order valence-electron chi connectivity index (χ4n) is 3.64. The third-order valence-electron chi connectivity index (χ3n) is 5.14. The maximum atomic E-state index is 13.5. The largest absolute Gasteiger partial charge is 0.488 e. The molecular formula is C21H20F2N2O5. The summed E-state index contributed by atoms with van der Waals surface area (Å²) < 4.78 is 43.1. The minimum absolute atomic E-state index is 0.178. The molecule has 1 amide bonds. The Bertz CT molecular complexity index is 984. The Kier molecular flexibility index (Phi) is 5.63. The molecule has 4 rings (SSSR count). The summed E-state index contributed by atoms with van der Waals surface area (Å²) in [6.07, 6.45) is 1.40. The van der Waals surface area contributed by atoms with Gasteiger partial charge in [0.05, 0.1) is 49.2 Å². The molecule has 2 aliphatic heterocycles. The molecule has 0 saturated carbocycles. The quantitative estimate of drug-likeness (QED) is 0.695. The molecule has 0 aliphatic carbocycles. The zero-order valence-electron chi connectivity index (χ0n) is 16.3. The average molecular weight is 418 g/mol. The highest BCUT2D eigenvalue weighted by molar-refractivity contribution is 6.00. The zero-order valence-corrected chi connectivity index (χ0v) is 16.3. The number of aromatic nitrogens is 1. The van der Waals surface area contributed by atoms with Crippen LogP contribution >= 0.6 is 0 Å². The Labute approximate surface area is 171 Å². The number of fused-ring (bicyclic) bond motifs is 1. The van der Waals surface area contributed by atoms with Crippen molar-refractivity contribution in [2.75, 3.05) is 19.8 Å². The molecule has 1 saturated heterocycles. The summed E-state index contributed by atoms with van der Waals surface area (Å²) in [5.74, 6) is -2.62. The van der Waals surface area contributed by atoms with Crippen LogP contribution in [0.2, 0.25) is 0 Å². The van der Waals surface area contributed by atoms with Crippen LogP contribution in [0, 0.1) is 11.6 Å². The van der Waals surface area contributed by atoms with Gasteiger partial charge in [0.2, 0.25) is 0 Å². The number of ether oxygens (including phenoxy) is 3. The first-order valence-corrected chi connectivity index (χ1v) is 9.64. The number of carbonyl (C=O) groups is 2. The molecule has 0 N–H and O–H groups in total. The summed E-state index contributed by atoms with van der Waals surface area (Å²) in [7, 11) is 0. The highest BCUT2D eigenvalue weighted by Crippen LogP contribution is 2.29. The average Bonchev–Trinajstić information content (AvgIpc) is 3.07. The topological polar surface area (TPSA) is 78.0 Å². The summed E-state index contributed by atoms with van der Waals surface area (Å²) >= 11 is 0. The standard InChI is InChI=1S/C21H20F2N2O5/c1-2-29-21(27)12-7-14-17(24-9-12)10-25(20(14)26)18-11-28-6-5-19(18)30-13-3-4-15(22)16(23)8-13/h3-4,7-9,18-19H,2,5-6,10-11H2,1H3. The summed E-state index contributed by atoms with van der Waals surface area (Å²) in [6, 6.07) is 4.36. The molecule has 2 atom stereocenters. The number of benzene rings is 1. The highest BCUT2D eigenvalue weighted by Gasteiger charge is 2.40. The van der Waals surface area contributed by atoms with Crippen LogP contribution < -0.4 is 4.74 Å². The van der Waals surface area contributed by atoms with Gasteiger partial charge in [0.1, 0.15) is 11.9 Å². The van der Waals surface area contributed by atoms with Crippen molar-refractivity contribution in [1.82, 2.24) is 9.88 Å². The number of pyridine rings is 1. The van der Waals surface area contributed by atoms with E-state index in [9.17, 15) is 18.4 Å². The van der Waals surface area contributed by atoms with Gasteiger partial charge in [-0.3, -0.25) is 9.78 Å². The molecule has 1 aromatic carbocycles. The molecule has 9 heteroatoms. The van der Waals surface area contributed by atoms with E-state index >= 15 is 0 Å². The van der Waals surface area contributed by atoms with E-state index in [2.05, 4.69) is 4.98 Å². The molecule has 1 aromatic heterocycles. The van der Waals surface area contributed by atoms with E-state index in [-0.39, 0.29) is 37.0 Å². The molecule has 3 heterocycles. The Morgan fingerprint density at radius 2 is 2.13 bits per heavy atom. The molecule has 1 fully saturated rings. The van der Waals surface area contributed by atoms with E-state index in [4.69, 9.17) is 14.2 Å². The van der Waals surface area contributed by atoms with Crippen LogP contribution in [0.5, 0.6) is 5.75 Å². The van der Waals surface area contributed by atoms with Gasteiger partial charge in [-0.1, -0.05) is 0 Å². The number of carbonyl (C=O) groups excluding carboxylic acids is 2. The SMILES string of the molecule is CCOC(=O)c1cnc2c(c1)C(=O)N(C1COCCC1Oc1ccc(F)c(F)c1)C2. The predicted molar refractivity (Wildman–Crippen MR) is 100 cm³/mol. The normalized spacial score (nSPS) is 20.8. The third kappa shape index (κ3) is 3.85. The van der Waals surface area contributed by atoms with Crippen LogP contribution in [-0.2, 0) is 16.0 Å². The van der Waals surface area contributed by atoms with Crippen molar-refractivity contribution >= 4 is 11.9 Å². The lowest BCUT2D eigenvalue weighted by atomic mass is 10.0. The van der Waals surface area contributed by atoms with Crippen LogP contribution in [0.1, 0.15) is 39.8 Å². The Morgan fingerprint density at radius 1 is 1.30 bits per heavy atom. The number of hydrogen-bond acceptors (Lipinski definition) is 6. The van der Waals surface area contributed by atoms with Crippen molar-refractivity contribution in [3.63, 3.8) is 0 Å². The molecule has 2 aromatic rings. The predicted octanol–water partition coefficient (Wildman–Crippen LogP) is 2.73. The Hall–Kier alpha value is -3.07. The maximum Gasteiger partial charge on any atom is 0.339 e. The van der Waals surface area contributed by atoms with Gasteiger partial charge in [-0.2, -0.15) is 0 Å². The number of hydrogen-bond donors (Lipinski definition) is 0. The molecule has 2 unspecified atom stereocenters. The monoisotopic (exact) mass is 418 g/mol. The first kappa shape index (κ1) is 20.2. The lowest BCUT2D eigenvalue weighted by Crippen LogP contribution is -2.52. The second-order valence-corrected chi connectivity index (χ2v) is 7.03. The zero-order chi connectivity index (χ0) is 21.3. The fraction of sp³-hybridized carbons (Fsp3) is 0.381. The molecule has 0 spiro atoms. The van der Waals surface area contributed by atoms with Crippen LogP contribution in [-0.4, -0.2) is 53.7 Å². The number of halogens is 2. The number of esters is 1. The van der Waals surface area contributed by atoms with Crippen LogP contribution in [0.25, 0.3) is 0 Å². The minimum Gasteiger partial charge on any atom is -0.488 e. The van der Waals surface area contributed by atoms with Crippen molar-refractivity contribution in [3.05, 3.63) is 58.9 Å². The number of rotatable bonds is 5. The van der Waals surface area contributed by atoms with Gasteiger partial charge in [0.15, 0.2) is 11.6 Å². The van der Waals surface area contributed by atoms with Crippen molar-refractivity contribution < 1.29 is 32.6 Å². The van der Waals surface area contributed by atoms with Gasteiger partial charge in [0, 0.05) is 18.7 Å². The van der Waals surface area contributed by atoms with Gasteiger partial charge >= 0.3 is 5.97 Å². The maximum absolute atomic E-state index is 13.5. The molecule has 158 valence electrons. The van der Waals surface area contributed by atoms with E-state index in [1.165, 1.54) is 18.3 Å². The van der Waals surface area contributed by atoms with E-state index in [0.717, 1.165) is 12.1 Å². The van der Waals surface area contributed by atoms with E-state index in [1.54, 1.807) is 11.8 Å². The van der Waals surface area contributed by atoms with Gasteiger partial charge < -0.3 is 19.1 Å². The lowest BCUT2D eigenvalue weighted by Gasteiger charge is -2.37. The molecule has 0 bridgehead atoms. The van der Waals surface area contributed by atoms with E-state index in [1.807, 2.05) is 0 Å². The van der Waals surface area contributed by atoms with Crippen LogP contribution in [0.15, 0.2) is 30.5 Å². The Balaban J connectivity index is 1.54.